The lowest BCUT2D eigenvalue weighted by Crippen LogP contribution is -2.23. The lowest BCUT2D eigenvalue weighted by molar-refractivity contribution is -0.138. The standard InChI is InChI=1S/C13H18F3NO3/c1-17-6-5-10(18)12(19)8-3-4-11(20-2)9(7-8)13(14,15)16/h3-4,7,10,12,17-19H,5-6H2,1-2H3. The van der Waals surface area contributed by atoms with Crippen molar-refractivity contribution < 1.29 is 28.1 Å². The molecular weight excluding hydrogens is 275 g/mol. The summed E-state index contributed by atoms with van der Waals surface area (Å²) in [4.78, 5) is 0. The molecule has 1 aromatic carbocycles. The van der Waals surface area contributed by atoms with Gasteiger partial charge in [-0.1, -0.05) is 6.07 Å². The molecule has 0 aliphatic rings. The Balaban J connectivity index is 3.02. The van der Waals surface area contributed by atoms with Gasteiger partial charge in [-0.05, 0) is 37.7 Å². The molecule has 0 saturated carbocycles. The highest BCUT2D eigenvalue weighted by molar-refractivity contribution is 5.40. The third-order valence-corrected chi connectivity index (χ3v) is 2.93. The number of aliphatic hydroxyl groups is 2. The molecular formula is C13H18F3NO3. The van der Waals surface area contributed by atoms with Crippen molar-refractivity contribution in [3.63, 3.8) is 0 Å². The summed E-state index contributed by atoms with van der Waals surface area (Å²) < 4.78 is 43.2. The van der Waals surface area contributed by atoms with Crippen LogP contribution in [0.5, 0.6) is 5.75 Å². The van der Waals surface area contributed by atoms with Crippen molar-refractivity contribution in [1.82, 2.24) is 5.32 Å². The Hall–Kier alpha value is -1.31. The molecule has 0 bridgehead atoms. The smallest absolute Gasteiger partial charge is 0.419 e. The first-order valence-corrected chi connectivity index (χ1v) is 6.07. The summed E-state index contributed by atoms with van der Waals surface area (Å²) in [7, 11) is 2.82. The van der Waals surface area contributed by atoms with Crippen LogP contribution in [0.25, 0.3) is 0 Å². The SMILES string of the molecule is CNCCC(O)C(O)c1ccc(OC)c(C(F)(F)F)c1. The summed E-state index contributed by atoms with van der Waals surface area (Å²) in [5, 5.41) is 22.4. The van der Waals surface area contributed by atoms with Gasteiger partial charge >= 0.3 is 6.18 Å². The highest BCUT2D eigenvalue weighted by atomic mass is 19.4. The van der Waals surface area contributed by atoms with E-state index >= 15 is 0 Å². The summed E-state index contributed by atoms with van der Waals surface area (Å²) in [5.74, 6) is -0.321. The van der Waals surface area contributed by atoms with Crippen molar-refractivity contribution >= 4 is 0 Å². The molecule has 0 spiro atoms. The predicted octanol–water partition coefficient (Wildman–Crippen LogP) is 1.72. The summed E-state index contributed by atoms with van der Waals surface area (Å²) in [5.41, 5.74) is -0.973. The van der Waals surface area contributed by atoms with Gasteiger partial charge in [0.2, 0.25) is 0 Å². The van der Waals surface area contributed by atoms with Crippen molar-refractivity contribution in [3.05, 3.63) is 29.3 Å². The molecule has 0 saturated heterocycles. The molecule has 0 aromatic heterocycles. The maximum atomic E-state index is 12.8. The number of hydrogen-bond acceptors (Lipinski definition) is 4. The van der Waals surface area contributed by atoms with E-state index in [4.69, 9.17) is 0 Å². The van der Waals surface area contributed by atoms with E-state index < -0.39 is 23.9 Å². The number of hydrogen-bond donors (Lipinski definition) is 3. The Bertz CT molecular complexity index is 437. The predicted molar refractivity (Wildman–Crippen MR) is 67.5 cm³/mol. The maximum Gasteiger partial charge on any atom is 0.419 e. The topological polar surface area (TPSA) is 61.7 Å². The van der Waals surface area contributed by atoms with E-state index in [2.05, 4.69) is 10.1 Å². The highest BCUT2D eigenvalue weighted by Crippen LogP contribution is 2.38. The second-order valence-electron chi connectivity index (χ2n) is 4.36. The van der Waals surface area contributed by atoms with Gasteiger partial charge in [0.25, 0.3) is 0 Å². The molecule has 0 radical (unpaired) electrons. The lowest BCUT2D eigenvalue weighted by atomic mass is 9.99. The van der Waals surface area contributed by atoms with Crippen LogP contribution in [0.15, 0.2) is 18.2 Å². The van der Waals surface area contributed by atoms with Crippen LogP contribution in [-0.4, -0.2) is 37.0 Å². The van der Waals surface area contributed by atoms with Gasteiger partial charge in [0.1, 0.15) is 11.9 Å². The van der Waals surface area contributed by atoms with Gasteiger partial charge < -0.3 is 20.3 Å². The minimum absolute atomic E-state index is 0.00160. The molecule has 1 rings (SSSR count). The molecule has 7 heteroatoms. The van der Waals surface area contributed by atoms with E-state index in [0.29, 0.717) is 6.54 Å². The van der Waals surface area contributed by atoms with Crippen molar-refractivity contribution in [1.29, 1.82) is 0 Å². The molecule has 20 heavy (non-hydrogen) atoms. The second-order valence-corrected chi connectivity index (χ2v) is 4.36. The van der Waals surface area contributed by atoms with E-state index in [-0.39, 0.29) is 17.7 Å². The molecule has 0 heterocycles. The van der Waals surface area contributed by atoms with Crippen LogP contribution in [0.1, 0.15) is 23.7 Å². The first-order valence-electron chi connectivity index (χ1n) is 6.07. The average Bonchev–Trinajstić information content (AvgIpc) is 2.42. The molecule has 0 amide bonds. The zero-order valence-corrected chi connectivity index (χ0v) is 11.2. The Labute approximate surface area is 115 Å². The number of methoxy groups -OCH3 is 1. The number of nitrogens with one attached hydrogen (secondary N) is 1. The third kappa shape index (κ3) is 4.09. The van der Waals surface area contributed by atoms with Crippen LogP contribution in [0, 0.1) is 0 Å². The minimum atomic E-state index is -4.59. The van der Waals surface area contributed by atoms with E-state index in [1.54, 1.807) is 7.05 Å². The Morgan fingerprint density at radius 2 is 1.95 bits per heavy atom. The average molecular weight is 293 g/mol. The van der Waals surface area contributed by atoms with Crippen LogP contribution < -0.4 is 10.1 Å². The molecule has 4 nitrogen and oxygen atoms in total. The molecule has 0 aliphatic carbocycles. The second kappa shape index (κ2) is 6.92. The zero-order chi connectivity index (χ0) is 15.3. The third-order valence-electron chi connectivity index (χ3n) is 2.93. The molecule has 3 N–H and O–H groups in total. The summed E-state index contributed by atoms with van der Waals surface area (Å²) >= 11 is 0. The van der Waals surface area contributed by atoms with Gasteiger partial charge in [-0.15, -0.1) is 0 Å². The van der Waals surface area contributed by atoms with Crippen molar-refractivity contribution in [2.75, 3.05) is 20.7 Å². The molecule has 0 aliphatic heterocycles. The van der Waals surface area contributed by atoms with Crippen molar-refractivity contribution in [3.8, 4) is 5.75 Å². The molecule has 2 unspecified atom stereocenters. The van der Waals surface area contributed by atoms with E-state index in [1.807, 2.05) is 0 Å². The quantitative estimate of drug-likeness (QED) is 0.747. The van der Waals surface area contributed by atoms with E-state index in [9.17, 15) is 23.4 Å². The van der Waals surface area contributed by atoms with Crippen molar-refractivity contribution in [2.24, 2.45) is 0 Å². The number of rotatable bonds is 6. The first kappa shape index (κ1) is 16.7. The summed E-state index contributed by atoms with van der Waals surface area (Å²) in [6, 6.07) is 3.24. The van der Waals surface area contributed by atoms with Crippen LogP contribution in [-0.2, 0) is 6.18 Å². The van der Waals surface area contributed by atoms with Crippen LogP contribution in [0.2, 0.25) is 0 Å². The fourth-order valence-corrected chi connectivity index (χ4v) is 1.80. The Morgan fingerprint density at radius 1 is 1.30 bits per heavy atom. The monoisotopic (exact) mass is 293 g/mol. The van der Waals surface area contributed by atoms with Gasteiger partial charge in [-0.2, -0.15) is 13.2 Å². The molecule has 1 aromatic rings. The highest BCUT2D eigenvalue weighted by Gasteiger charge is 2.35. The Morgan fingerprint density at radius 3 is 2.45 bits per heavy atom. The molecule has 114 valence electrons. The summed E-state index contributed by atoms with van der Waals surface area (Å²) in [6.07, 6.45) is -6.88. The number of halogens is 3. The molecule has 0 fully saturated rings. The zero-order valence-electron chi connectivity index (χ0n) is 11.2. The molecule has 2 atom stereocenters. The maximum absolute atomic E-state index is 12.8. The fourth-order valence-electron chi connectivity index (χ4n) is 1.80. The van der Waals surface area contributed by atoms with Crippen LogP contribution in [0.3, 0.4) is 0 Å². The lowest BCUT2D eigenvalue weighted by Gasteiger charge is -2.20. The minimum Gasteiger partial charge on any atom is -0.496 e. The van der Waals surface area contributed by atoms with Gasteiger partial charge in [0.05, 0.1) is 18.8 Å². The summed E-state index contributed by atoms with van der Waals surface area (Å²) in [6.45, 7) is 0.445. The largest absolute Gasteiger partial charge is 0.496 e. The van der Waals surface area contributed by atoms with E-state index in [1.165, 1.54) is 6.07 Å². The van der Waals surface area contributed by atoms with Crippen molar-refractivity contribution in [2.45, 2.75) is 24.8 Å². The first-order chi connectivity index (χ1) is 9.31. The number of benzene rings is 1. The van der Waals surface area contributed by atoms with E-state index in [0.717, 1.165) is 19.2 Å². The fraction of sp³-hybridized carbons (Fsp3) is 0.538. The Kier molecular flexibility index (Phi) is 5.79. The number of aliphatic hydroxyl groups excluding tert-OH is 2. The van der Waals surface area contributed by atoms with Crippen LogP contribution in [0.4, 0.5) is 13.2 Å². The normalized spacial score (nSPS) is 14.9. The number of alkyl halides is 3. The van der Waals surface area contributed by atoms with Gasteiger partial charge in [-0.25, -0.2) is 0 Å². The number of ether oxygens (including phenoxy) is 1. The van der Waals surface area contributed by atoms with Gasteiger partial charge in [-0.3, -0.25) is 0 Å². The van der Waals surface area contributed by atoms with Gasteiger partial charge in [0, 0.05) is 0 Å². The van der Waals surface area contributed by atoms with Gasteiger partial charge in [0.15, 0.2) is 0 Å². The van der Waals surface area contributed by atoms with Crippen LogP contribution >= 0.6 is 0 Å².